The summed E-state index contributed by atoms with van der Waals surface area (Å²) in [6.45, 7) is 2.47. The van der Waals surface area contributed by atoms with E-state index in [9.17, 15) is 4.79 Å². The van der Waals surface area contributed by atoms with Crippen LogP contribution in [0.2, 0.25) is 0 Å². The van der Waals surface area contributed by atoms with Crippen LogP contribution < -0.4 is 0 Å². The van der Waals surface area contributed by atoms with Gasteiger partial charge < -0.3 is 4.90 Å². The summed E-state index contributed by atoms with van der Waals surface area (Å²) in [7, 11) is 1.80. The molecule has 0 saturated carbocycles. The van der Waals surface area contributed by atoms with E-state index < -0.39 is 0 Å². The molecule has 0 bridgehead atoms. The van der Waals surface area contributed by atoms with Crippen LogP contribution in [0.4, 0.5) is 0 Å². The molecule has 3 heteroatoms. The van der Waals surface area contributed by atoms with Crippen molar-refractivity contribution in [2.45, 2.75) is 18.7 Å². The van der Waals surface area contributed by atoms with E-state index in [4.69, 9.17) is 11.6 Å². The molecule has 1 unspecified atom stereocenters. The predicted octanol–water partition coefficient (Wildman–Crippen LogP) is 3.47. The lowest BCUT2D eigenvalue weighted by Crippen LogP contribution is -2.32. The molecule has 2 aromatic rings. The predicted molar refractivity (Wildman–Crippen MR) is 80.6 cm³/mol. The molecule has 0 aliphatic rings. The molecule has 0 aliphatic heterocycles. The second-order valence-corrected chi connectivity index (χ2v) is 5.62. The maximum Gasteiger partial charge on any atom is 0.226 e. The van der Waals surface area contributed by atoms with Gasteiger partial charge in [0, 0.05) is 19.0 Å². The van der Waals surface area contributed by atoms with Crippen LogP contribution in [0.5, 0.6) is 0 Å². The van der Waals surface area contributed by atoms with Crippen molar-refractivity contribution >= 4 is 28.3 Å². The molecule has 19 heavy (non-hydrogen) atoms. The van der Waals surface area contributed by atoms with Gasteiger partial charge in [0.25, 0.3) is 0 Å². The van der Waals surface area contributed by atoms with Crippen molar-refractivity contribution in [2.24, 2.45) is 0 Å². The third kappa shape index (κ3) is 3.48. The number of amides is 1. The van der Waals surface area contributed by atoms with Gasteiger partial charge in [-0.25, -0.2) is 0 Å². The van der Waals surface area contributed by atoms with Crippen molar-refractivity contribution in [1.82, 2.24) is 4.90 Å². The summed E-state index contributed by atoms with van der Waals surface area (Å²) in [5.74, 6) is 0.101. The first kappa shape index (κ1) is 13.9. The van der Waals surface area contributed by atoms with Gasteiger partial charge in [-0.15, -0.1) is 11.6 Å². The highest BCUT2D eigenvalue weighted by Crippen LogP contribution is 2.19. The maximum absolute atomic E-state index is 12.2. The number of rotatable bonds is 4. The monoisotopic (exact) mass is 275 g/mol. The first-order valence-electron chi connectivity index (χ1n) is 6.42. The van der Waals surface area contributed by atoms with Crippen LogP contribution in [0.25, 0.3) is 10.8 Å². The van der Waals surface area contributed by atoms with Gasteiger partial charge in [0.05, 0.1) is 6.42 Å². The smallest absolute Gasteiger partial charge is 0.226 e. The number of hydrogen-bond acceptors (Lipinski definition) is 1. The Hall–Kier alpha value is -1.54. The average molecular weight is 276 g/mol. The van der Waals surface area contributed by atoms with Crippen molar-refractivity contribution in [1.29, 1.82) is 0 Å². The maximum atomic E-state index is 12.2. The van der Waals surface area contributed by atoms with E-state index in [0.717, 1.165) is 10.9 Å². The normalized spacial score (nSPS) is 12.4. The van der Waals surface area contributed by atoms with Crippen LogP contribution in [0, 0.1) is 0 Å². The third-order valence-electron chi connectivity index (χ3n) is 3.17. The van der Waals surface area contributed by atoms with Crippen molar-refractivity contribution in [3.63, 3.8) is 0 Å². The lowest BCUT2D eigenvalue weighted by molar-refractivity contribution is -0.129. The molecule has 1 atom stereocenters. The van der Waals surface area contributed by atoms with E-state index in [1.807, 2.05) is 31.2 Å². The number of carbonyl (C=O) groups is 1. The Kier molecular flexibility index (Phi) is 4.43. The highest BCUT2D eigenvalue weighted by Gasteiger charge is 2.13. The molecule has 0 aliphatic carbocycles. The Balaban J connectivity index is 2.19. The van der Waals surface area contributed by atoms with Crippen LogP contribution in [-0.4, -0.2) is 29.8 Å². The van der Waals surface area contributed by atoms with Gasteiger partial charge in [0.2, 0.25) is 5.91 Å². The zero-order valence-electron chi connectivity index (χ0n) is 11.3. The minimum atomic E-state index is -0.0264. The second-order valence-electron chi connectivity index (χ2n) is 4.87. The molecule has 0 N–H and O–H groups in total. The summed E-state index contributed by atoms with van der Waals surface area (Å²) >= 11 is 5.92. The van der Waals surface area contributed by atoms with Gasteiger partial charge in [-0.05, 0) is 23.3 Å². The van der Waals surface area contributed by atoms with E-state index in [1.54, 1.807) is 11.9 Å². The van der Waals surface area contributed by atoms with E-state index in [-0.39, 0.29) is 11.3 Å². The number of hydrogen-bond donors (Lipinski definition) is 0. The van der Waals surface area contributed by atoms with Crippen LogP contribution in [0.15, 0.2) is 42.5 Å². The number of halogens is 1. The Morgan fingerprint density at radius 2 is 1.89 bits per heavy atom. The fraction of sp³-hybridized carbons (Fsp3) is 0.312. The number of alkyl halides is 1. The minimum Gasteiger partial charge on any atom is -0.344 e. The molecule has 0 saturated heterocycles. The number of nitrogens with zero attached hydrogens (tertiary/aromatic N) is 1. The fourth-order valence-corrected chi connectivity index (χ4v) is 2.43. The summed E-state index contributed by atoms with van der Waals surface area (Å²) < 4.78 is 0. The van der Waals surface area contributed by atoms with Crippen LogP contribution in [0.3, 0.4) is 0 Å². The number of fused-ring (bicyclic) bond motifs is 1. The SMILES string of the molecule is CC(Cl)CN(C)C(=O)Cc1cccc2ccccc12. The summed E-state index contributed by atoms with van der Waals surface area (Å²) in [5.41, 5.74) is 1.07. The molecule has 2 nitrogen and oxygen atoms in total. The summed E-state index contributed by atoms with van der Waals surface area (Å²) in [6, 6.07) is 14.2. The molecule has 2 rings (SSSR count). The lowest BCUT2D eigenvalue weighted by atomic mass is 10.0. The molecule has 0 heterocycles. The molecule has 1 amide bonds. The van der Waals surface area contributed by atoms with E-state index in [1.165, 1.54) is 5.39 Å². The van der Waals surface area contributed by atoms with Gasteiger partial charge in [-0.3, -0.25) is 4.79 Å². The lowest BCUT2D eigenvalue weighted by Gasteiger charge is -2.19. The van der Waals surface area contributed by atoms with Crippen molar-refractivity contribution in [3.05, 3.63) is 48.0 Å². The number of benzene rings is 2. The van der Waals surface area contributed by atoms with Gasteiger partial charge in [0.15, 0.2) is 0 Å². The largest absolute Gasteiger partial charge is 0.344 e. The molecule has 0 radical (unpaired) electrons. The molecule has 2 aromatic carbocycles. The Morgan fingerprint density at radius 1 is 1.21 bits per heavy atom. The van der Waals surface area contributed by atoms with Crippen molar-refractivity contribution < 1.29 is 4.79 Å². The molecule has 0 spiro atoms. The summed E-state index contributed by atoms with van der Waals surface area (Å²) in [5, 5.41) is 2.29. The molecular formula is C16H18ClNO. The first-order chi connectivity index (χ1) is 9.08. The van der Waals surface area contributed by atoms with E-state index in [2.05, 4.69) is 18.2 Å². The zero-order chi connectivity index (χ0) is 13.8. The van der Waals surface area contributed by atoms with Gasteiger partial charge in [0.1, 0.15) is 0 Å². The van der Waals surface area contributed by atoms with E-state index >= 15 is 0 Å². The molecular weight excluding hydrogens is 258 g/mol. The standard InChI is InChI=1S/C16H18ClNO/c1-12(17)11-18(2)16(19)10-14-8-5-7-13-6-3-4-9-15(13)14/h3-9,12H,10-11H2,1-2H3. The Labute approximate surface area is 119 Å². The molecule has 100 valence electrons. The fourth-order valence-electron chi connectivity index (χ4n) is 2.22. The van der Waals surface area contributed by atoms with Gasteiger partial charge in [-0.1, -0.05) is 42.5 Å². The topological polar surface area (TPSA) is 20.3 Å². The Morgan fingerprint density at radius 3 is 2.63 bits per heavy atom. The Bertz CT molecular complexity index is 574. The number of carbonyl (C=O) groups excluding carboxylic acids is 1. The van der Waals surface area contributed by atoms with Gasteiger partial charge >= 0.3 is 0 Å². The zero-order valence-corrected chi connectivity index (χ0v) is 12.0. The molecule has 0 aromatic heterocycles. The van der Waals surface area contributed by atoms with Gasteiger partial charge in [-0.2, -0.15) is 0 Å². The van der Waals surface area contributed by atoms with Crippen LogP contribution in [0.1, 0.15) is 12.5 Å². The molecule has 0 fully saturated rings. The minimum absolute atomic E-state index is 0.0264. The second kappa shape index (κ2) is 6.07. The summed E-state index contributed by atoms with van der Waals surface area (Å²) in [6.07, 6.45) is 0.418. The third-order valence-corrected chi connectivity index (χ3v) is 3.31. The van der Waals surface area contributed by atoms with Crippen molar-refractivity contribution in [3.8, 4) is 0 Å². The number of likely N-dealkylation sites (N-methyl/N-ethyl adjacent to an activating group) is 1. The quantitative estimate of drug-likeness (QED) is 0.783. The van der Waals surface area contributed by atoms with E-state index in [0.29, 0.717) is 13.0 Å². The summed E-state index contributed by atoms with van der Waals surface area (Å²) in [4.78, 5) is 13.9. The van der Waals surface area contributed by atoms with Crippen LogP contribution in [-0.2, 0) is 11.2 Å². The van der Waals surface area contributed by atoms with Crippen LogP contribution >= 0.6 is 11.6 Å². The highest BCUT2D eigenvalue weighted by molar-refractivity contribution is 6.20. The van der Waals surface area contributed by atoms with Crippen molar-refractivity contribution in [2.75, 3.05) is 13.6 Å². The first-order valence-corrected chi connectivity index (χ1v) is 6.86. The average Bonchev–Trinajstić information content (AvgIpc) is 2.38. The highest BCUT2D eigenvalue weighted by atomic mass is 35.5.